The van der Waals surface area contributed by atoms with Gasteiger partial charge in [0.15, 0.2) is 5.96 Å². The number of rotatable bonds is 4. The van der Waals surface area contributed by atoms with Crippen LogP contribution in [0.15, 0.2) is 4.99 Å². The van der Waals surface area contributed by atoms with Crippen molar-refractivity contribution in [3.63, 3.8) is 0 Å². The summed E-state index contributed by atoms with van der Waals surface area (Å²) in [6.45, 7) is 10.9. The van der Waals surface area contributed by atoms with E-state index in [2.05, 4.69) is 41.3 Å². The highest BCUT2D eigenvalue weighted by Gasteiger charge is 2.31. The minimum Gasteiger partial charge on any atom is -0.376 e. The fourth-order valence-electron chi connectivity index (χ4n) is 3.16. The highest BCUT2D eigenvalue weighted by Crippen LogP contribution is 2.18. The van der Waals surface area contributed by atoms with Gasteiger partial charge in [-0.3, -0.25) is 9.89 Å². The molecule has 2 aliphatic heterocycles. The van der Waals surface area contributed by atoms with Gasteiger partial charge in [0, 0.05) is 45.4 Å². The molecule has 2 heterocycles. The lowest BCUT2D eigenvalue weighted by molar-refractivity contribution is 0.0194. The highest BCUT2D eigenvalue weighted by molar-refractivity contribution is 14.0. The molecule has 2 N–H and O–H groups in total. The molecule has 3 unspecified atom stereocenters. The van der Waals surface area contributed by atoms with E-state index in [-0.39, 0.29) is 24.0 Å². The van der Waals surface area contributed by atoms with Crippen LogP contribution in [0.3, 0.4) is 0 Å². The second-order valence-corrected chi connectivity index (χ2v) is 6.72. The van der Waals surface area contributed by atoms with Gasteiger partial charge in [0.05, 0.1) is 6.10 Å². The topological polar surface area (TPSA) is 48.9 Å². The van der Waals surface area contributed by atoms with Gasteiger partial charge in [-0.15, -0.1) is 24.0 Å². The van der Waals surface area contributed by atoms with E-state index in [1.165, 1.54) is 12.8 Å². The normalized spacial score (nSPS) is 30.2. The number of hydrogen-bond donors (Lipinski definition) is 2. The Morgan fingerprint density at radius 3 is 2.64 bits per heavy atom. The van der Waals surface area contributed by atoms with Crippen LogP contribution in [0.2, 0.25) is 0 Å². The summed E-state index contributed by atoms with van der Waals surface area (Å²) in [5.41, 5.74) is 0. The molecule has 0 spiro atoms. The second-order valence-electron chi connectivity index (χ2n) is 6.72. The van der Waals surface area contributed by atoms with Crippen molar-refractivity contribution in [1.29, 1.82) is 0 Å². The van der Waals surface area contributed by atoms with Crippen molar-refractivity contribution < 1.29 is 4.74 Å². The van der Waals surface area contributed by atoms with Gasteiger partial charge in [0.1, 0.15) is 0 Å². The molecule has 0 saturated carbocycles. The van der Waals surface area contributed by atoms with Crippen LogP contribution in [0.25, 0.3) is 0 Å². The zero-order valence-electron chi connectivity index (χ0n) is 14.5. The lowest BCUT2D eigenvalue weighted by atomic mass is 10.1. The Kier molecular flexibility index (Phi) is 9.01. The van der Waals surface area contributed by atoms with Gasteiger partial charge in [0.2, 0.25) is 0 Å². The molecule has 5 nitrogen and oxygen atoms in total. The van der Waals surface area contributed by atoms with Crippen LogP contribution in [-0.4, -0.2) is 62.3 Å². The average molecular weight is 424 g/mol. The number of hydrogen-bond acceptors (Lipinski definition) is 3. The summed E-state index contributed by atoms with van der Waals surface area (Å²) in [7, 11) is 1.84. The second kappa shape index (κ2) is 9.93. The fourth-order valence-corrected chi connectivity index (χ4v) is 3.16. The third-order valence-corrected chi connectivity index (χ3v) is 4.69. The molecule has 0 aliphatic carbocycles. The minimum absolute atomic E-state index is 0. The van der Waals surface area contributed by atoms with Gasteiger partial charge in [-0.2, -0.15) is 0 Å². The molecular weight excluding hydrogens is 391 g/mol. The van der Waals surface area contributed by atoms with Crippen LogP contribution < -0.4 is 10.6 Å². The average Bonchev–Trinajstić information content (AvgIpc) is 2.86. The Morgan fingerprint density at radius 2 is 2.09 bits per heavy atom. The first kappa shape index (κ1) is 20.0. The molecule has 2 fully saturated rings. The predicted molar refractivity (Wildman–Crippen MR) is 103 cm³/mol. The van der Waals surface area contributed by atoms with Gasteiger partial charge in [-0.05, 0) is 39.0 Å². The maximum atomic E-state index is 5.76. The van der Waals surface area contributed by atoms with E-state index in [9.17, 15) is 0 Å². The van der Waals surface area contributed by atoms with E-state index >= 15 is 0 Å². The number of nitrogens with zero attached hydrogens (tertiary/aromatic N) is 2. The van der Waals surface area contributed by atoms with Gasteiger partial charge in [-0.25, -0.2) is 0 Å². The summed E-state index contributed by atoms with van der Waals surface area (Å²) in [4.78, 5) is 6.89. The van der Waals surface area contributed by atoms with Crippen LogP contribution >= 0.6 is 24.0 Å². The third kappa shape index (κ3) is 5.85. The largest absolute Gasteiger partial charge is 0.376 e. The standard InChI is InChI=1S/C16H32N4O.HI/c1-12(2)20-10-13(3)15(11-20)19-16(17-4)18-9-14-7-5-6-8-21-14;/h12-15H,5-11H2,1-4H3,(H2,17,18,19);1H. The van der Waals surface area contributed by atoms with Gasteiger partial charge in [-0.1, -0.05) is 6.92 Å². The summed E-state index contributed by atoms with van der Waals surface area (Å²) in [5, 5.41) is 7.01. The Bertz CT molecular complexity index is 345. The van der Waals surface area contributed by atoms with Gasteiger partial charge >= 0.3 is 0 Å². The van der Waals surface area contributed by atoms with E-state index in [0.717, 1.165) is 38.6 Å². The van der Waals surface area contributed by atoms with Crippen molar-refractivity contribution in [2.24, 2.45) is 10.9 Å². The van der Waals surface area contributed by atoms with Crippen LogP contribution in [0.1, 0.15) is 40.0 Å². The highest BCUT2D eigenvalue weighted by atomic mass is 127. The third-order valence-electron chi connectivity index (χ3n) is 4.69. The first-order valence-electron chi connectivity index (χ1n) is 8.43. The smallest absolute Gasteiger partial charge is 0.191 e. The first-order chi connectivity index (χ1) is 10.1. The predicted octanol–water partition coefficient (Wildman–Crippen LogP) is 2.07. The number of nitrogens with one attached hydrogen (secondary N) is 2. The summed E-state index contributed by atoms with van der Waals surface area (Å²) < 4.78 is 5.76. The maximum Gasteiger partial charge on any atom is 0.191 e. The van der Waals surface area contributed by atoms with Crippen molar-refractivity contribution >= 4 is 29.9 Å². The molecule has 3 atom stereocenters. The minimum atomic E-state index is 0. The van der Waals surface area contributed by atoms with Crippen LogP contribution in [0.5, 0.6) is 0 Å². The molecule has 0 bridgehead atoms. The van der Waals surface area contributed by atoms with E-state index in [1.807, 2.05) is 7.05 Å². The number of halogens is 1. The molecule has 0 aromatic carbocycles. The maximum absolute atomic E-state index is 5.76. The number of likely N-dealkylation sites (tertiary alicyclic amines) is 1. The summed E-state index contributed by atoms with van der Waals surface area (Å²) in [6.07, 6.45) is 3.98. The Morgan fingerprint density at radius 1 is 1.32 bits per heavy atom. The first-order valence-corrected chi connectivity index (χ1v) is 8.43. The van der Waals surface area contributed by atoms with Crippen LogP contribution in [0.4, 0.5) is 0 Å². The molecule has 2 aliphatic rings. The number of guanidine groups is 1. The number of aliphatic imine (C=N–C) groups is 1. The molecule has 6 heteroatoms. The zero-order valence-corrected chi connectivity index (χ0v) is 16.8. The molecule has 0 aromatic heterocycles. The summed E-state index contributed by atoms with van der Waals surface area (Å²) in [6, 6.07) is 1.09. The van der Waals surface area contributed by atoms with E-state index < -0.39 is 0 Å². The molecular formula is C16H33IN4O. The SMILES string of the molecule is CN=C(NCC1CCCCO1)NC1CN(C(C)C)CC1C.I. The van der Waals surface area contributed by atoms with E-state index in [1.54, 1.807) is 0 Å². The van der Waals surface area contributed by atoms with Crippen molar-refractivity contribution in [3.8, 4) is 0 Å². The Labute approximate surface area is 152 Å². The monoisotopic (exact) mass is 424 g/mol. The molecule has 2 rings (SSSR count). The fraction of sp³-hybridized carbons (Fsp3) is 0.938. The van der Waals surface area contributed by atoms with Crippen molar-refractivity contribution in [2.45, 2.75) is 58.2 Å². The lowest BCUT2D eigenvalue weighted by Gasteiger charge is -2.25. The zero-order chi connectivity index (χ0) is 15.2. The van der Waals surface area contributed by atoms with Crippen molar-refractivity contribution in [3.05, 3.63) is 0 Å². The van der Waals surface area contributed by atoms with Crippen LogP contribution in [0, 0.1) is 5.92 Å². The van der Waals surface area contributed by atoms with Gasteiger partial charge < -0.3 is 15.4 Å². The van der Waals surface area contributed by atoms with Crippen molar-refractivity contribution in [1.82, 2.24) is 15.5 Å². The molecule has 22 heavy (non-hydrogen) atoms. The summed E-state index contributed by atoms with van der Waals surface area (Å²) >= 11 is 0. The molecule has 130 valence electrons. The lowest BCUT2D eigenvalue weighted by Crippen LogP contribution is -2.48. The molecule has 0 amide bonds. The van der Waals surface area contributed by atoms with Gasteiger partial charge in [0.25, 0.3) is 0 Å². The Balaban J connectivity index is 0.00000242. The summed E-state index contributed by atoms with van der Waals surface area (Å²) in [5.74, 6) is 1.56. The van der Waals surface area contributed by atoms with E-state index in [0.29, 0.717) is 24.1 Å². The van der Waals surface area contributed by atoms with Crippen molar-refractivity contribution in [2.75, 3.05) is 33.3 Å². The molecule has 0 aromatic rings. The van der Waals surface area contributed by atoms with Crippen LogP contribution in [-0.2, 0) is 4.74 Å². The number of ether oxygens (including phenoxy) is 1. The quantitative estimate of drug-likeness (QED) is 0.412. The molecule has 0 radical (unpaired) electrons. The van der Waals surface area contributed by atoms with E-state index in [4.69, 9.17) is 4.74 Å². The Hall–Kier alpha value is -0.0800. The molecule has 2 saturated heterocycles.